The number of aliphatic hydroxyl groups excluding tert-OH is 1. The van der Waals surface area contributed by atoms with Gasteiger partial charge in [0.2, 0.25) is 0 Å². The normalized spacial score (nSPS) is 12.6. The largest absolute Gasteiger partial charge is 0.391 e. The lowest BCUT2D eigenvalue weighted by atomic mass is 9.99. The molecule has 0 saturated heterocycles. The molecule has 0 fully saturated rings. The van der Waals surface area contributed by atoms with E-state index in [2.05, 4.69) is 5.16 Å². The second-order valence-electron chi connectivity index (χ2n) is 5.41. The Labute approximate surface area is 141 Å². The van der Waals surface area contributed by atoms with E-state index in [0.29, 0.717) is 12.3 Å². The lowest BCUT2D eigenvalue weighted by Gasteiger charge is -2.14. The van der Waals surface area contributed by atoms with Gasteiger partial charge in [-0.15, -0.1) is 0 Å². The number of benzene rings is 3. The smallest absolute Gasteiger partial charge is 0.142 e. The van der Waals surface area contributed by atoms with Crippen LogP contribution in [0.3, 0.4) is 0 Å². The van der Waals surface area contributed by atoms with E-state index in [0.717, 1.165) is 16.7 Å². The van der Waals surface area contributed by atoms with Crippen molar-refractivity contribution < 1.29 is 9.94 Å². The molecule has 0 aliphatic rings. The third kappa shape index (κ3) is 4.09. The van der Waals surface area contributed by atoms with Crippen molar-refractivity contribution in [1.29, 1.82) is 0 Å². The molecule has 3 nitrogen and oxygen atoms in total. The molecule has 0 bridgehead atoms. The van der Waals surface area contributed by atoms with E-state index in [1.165, 1.54) is 0 Å². The summed E-state index contributed by atoms with van der Waals surface area (Å²) in [5, 5.41) is 15.0. The molecule has 1 atom stereocenters. The Kier molecular flexibility index (Phi) is 5.38. The summed E-state index contributed by atoms with van der Waals surface area (Å²) >= 11 is 0. The molecule has 0 unspecified atom stereocenters. The van der Waals surface area contributed by atoms with Gasteiger partial charge in [-0.25, -0.2) is 0 Å². The maximum absolute atomic E-state index is 10.7. The monoisotopic (exact) mass is 317 g/mol. The molecule has 0 aliphatic carbocycles. The van der Waals surface area contributed by atoms with E-state index >= 15 is 0 Å². The summed E-state index contributed by atoms with van der Waals surface area (Å²) in [6, 6.07) is 28.9. The van der Waals surface area contributed by atoms with Crippen molar-refractivity contribution in [2.24, 2.45) is 5.16 Å². The number of hydrogen-bond acceptors (Lipinski definition) is 3. The topological polar surface area (TPSA) is 41.8 Å². The maximum atomic E-state index is 10.7. The van der Waals surface area contributed by atoms with Crippen molar-refractivity contribution >= 4 is 5.71 Å². The fraction of sp³-hybridized carbons (Fsp3) is 0.0952. The minimum absolute atomic E-state index is 0.360. The molecule has 3 rings (SSSR count). The summed E-state index contributed by atoms with van der Waals surface area (Å²) in [5.74, 6) is 0. The summed E-state index contributed by atoms with van der Waals surface area (Å²) in [7, 11) is 0. The fourth-order valence-electron chi connectivity index (χ4n) is 2.41. The summed E-state index contributed by atoms with van der Waals surface area (Å²) in [6.07, 6.45) is -0.843. The average Bonchev–Trinajstić information content (AvgIpc) is 2.67. The van der Waals surface area contributed by atoms with Gasteiger partial charge in [-0.2, -0.15) is 0 Å². The third-order valence-corrected chi connectivity index (χ3v) is 3.68. The highest BCUT2D eigenvalue weighted by Crippen LogP contribution is 2.19. The first-order valence-electron chi connectivity index (χ1n) is 7.87. The molecule has 3 aromatic rings. The second-order valence-corrected chi connectivity index (χ2v) is 5.41. The van der Waals surface area contributed by atoms with Crippen LogP contribution in [0.2, 0.25) is 0 Å². The number of hydrogen-bond donors (Lipinski definition) is 1. The Bertz CT molecular complexity index is 771. The van der Waals surface area contributed by atoms with E-state index in [1.807, 2.05) is 91.0 Å². The van der Waals surface area contributed by atoms with Crippen molar-refractivity contribution in [3.8, 4) is 0 Å². The molecule has 0 saturated carbocycles. The van der Waals surface area contributed by atoms with Crippen LogP contribution >= 0.6 is 0 Å². The number of nitrogens with zero attached hydrogens (tertiary/aromatic N) is 1. The predicted octanol–water partition coefficient (Wildman–Crippen LogP) is 4.34. The van der Waals surface area contributed by atoms with Crippen LogP contribution in [0.5, 0.6) is 0 Å². The van der Waals surface area contributed by atoms with Gasteiger partial charge >= 0.3 is 0 Å². The minimum atomic E-state index is -0.843. The van der Waals surface area contributed by atoms with E-state index in [-0.39, 0.29) is 0 Å². The first-order valence-corrected chi connectivity index (χ1v) is 7.87. The first kappa shape index (κ1) is 16.0. The Balaban J connectivity index is 1.83. The first-order chi connectivity index (χ1) is 11.8. The molecule has 120 valence electrons. The molecular formula is C21H19NO2. The van der Waals surface area contributed by atoms with Crippen LogP contribution in [0.1, 0.15) is 22.8 Å². The molecule has 3 aromatic carbocycles. The molecule has 3 heteroatoms. The van der Waals surface area contributed by atoms with Crippen molar-refractivity contribution in [3.05, 3.63) is 108 Å². The molecule has 1 N–H and O–H groups in total. The highest BCUT2D eigenvalue weighted by atomic mass is 16.6. The van der Waals surface area contributed by atoms with Gasteiger partial charge in [0.1, 0.15) is 18.4 Å². The molecule has 0 aromatic heterocycles. The van der Waals surface area contributed by atoms with Crippen molar-refractivity contribution in [1.82, 2.24) is 0 Å². The zero-order chi connectivity index (χ0) is 16.6. The second kappa shape index (κ2) is 8.09. The van der Waals surface area contributed by atoms with Crippen LogP contribution in [0, 0.1) is 0 Å². The van der Waals surface area contributed by atoms with Gasteiger partial charge in [0.05, 0.1) is 0 Å². The highest BCUT2D eigenvalue weighted by molar-refractivity contribution is 6.03. The Morgan fingerprint density at radius 1 is 0.792 bits per heavy atom. The molecular weight excluding hydrogens is 298 g/mol. The quantitative estimate of drug-likeness (QED) is 0.543. The summed E-state index contributed by atoms with van der Waals surface area (Å²) in [6.45, 7) is 0.360. The Hall–Kier alpha value is -2.91. The van der Waals surface area contributed by atoms with Crippen molar-refractivity contribution in [2.45, 2.75) is 12.7 Å². The third-order valence-electron chi connectivity index (χ3n) is 3.68. The molecule has 0 amide bonds. The summed E-state index contributed by atoms with van der Waals surface area (Å²) < 4.78 is 0. The maximum Gasteiger partial charge on any atom is 0.142 e. The van der Waals surface area contributed by atoms with Crippen LogP contribution < -0.4 is 0 Å². The van der Waals surface area contributed by atoms with Crippen molar-refractivity contribution in [3.63, 3.8) is 0 Å². The van der Waals surface area contributed by atoms with Gasteiger partial charge in [0, 0.05) is 5.56 Å². The van der Waals surface area contributed by atoms with E-state index < -0.39 is 6.10 Å². The van der Waals surface area contributed by atoms with E-state index in [1.54, 1.807) is 0 Å². The lowest BCUT2D eigenvalue weighted by Crippen LogP contribution is -2.14. The minimum Gasteiger partial charge on any atom is -0.391 e. The molecule has 24 heavy (non-hydrogen) atoms. The van der Waals surface area contributed by atoms with Crippen molar-refractivity contribution in [2.75, 3.05) is 0 Å². The molecule has 0 spiro atoms. The summed E-state index contributed by atoms with van der Waals surface area (Å²) in [4.78, 5) is 5.51. The van der Waals surface area contributed by atoms with Crippen LogP contribution in [-0.4, -0.2) is 10.8 Å². The predicted molar refractivity (Wildman–Crippen MR) is 95.6 cm³/mol. The van der Waals surface area contributed by atoms with Gasteiger partial charge in [0.25, 0.3) is 0 Å². The van der Waals surface area contributed by atoms with Gasteiger partial charge in [-0.05, 0) is 11.1 Å². The molecule has 0 aliphatic heterocycles. The van der Waals surface area contributed by atoms with Crippen LogP contribution in [0.15, 0.2) is 96.2 Å². The summed E-state index contributed by atoms with van der Waals surface area (Å²) in [5.41, 5.74) is 3.14. The Morgan fingerprint density at radius 2 is 1.33 bits per heavy atom. The number of aliphatic hydroxyl groups is 1. The van der Waals surface area contributed by atoms with E-state index in [9.17, 15) is 5.11 Å². The average molecular weight is 317 g/mol. The number of rotatable bonds is 6. The molecule has 0 radical (unpaired) electrons. The zero-order valence-electron chi connectivity index (χ0n) is 13.2. The number of oxime groups is 1. The lowest BCUT2D eigenvalue weighted by molar-refractivity contribution is 0.125. The van der Waals surface area contributed by atoms with Crippen LogP contribution in [-0.2, 0) is 11.4 Å². The van der Waals surface area contributed by atoms with E-state index in [4.69, 9.17) is 4.84 Å². The zero-order valence-corrected chi connectivity index (χ0v) is 13.2. The van der Waals surface area contributed by atoms with Crippen LogP contribution in [0.4, 0.5) is 0 Å². The van der Waals surface area contributed by atoms with Crippen LogP contribution in [0.25, 0.3) is 0 Å². The van der Waals surface area contributed by atoms with Gasteiger partial charge in [-0.1, -0.05) is 96.2 Å². The van der Waals surface area contributed by atoms with Gasteiger partial charge in [0.15, 0.2) is 0 Å². The fourth-order valence-corrected chi connectivity index (χ4v) is 2.41. The standard InChI is InChI=1S/C21H19NO2/c23-21(19-14-8-3-9-15-19)20(18-12-6-2-7-13-18)22-24-16-17-10-4-1-5-11-17/h1-15,21,23H,16H2/t21-/m0/s1. The van der Waals surface area contributed by atoms with Gasteiger partial charge in [-0.3, -0.25) is 0 Å². The molecule has 0 heterocycles. The SMILES string of the molecule is O[C@H](C(=NOCc1ccccc1)c1ccccc1)c1ccccc1. The highest BCUT2D eigenvalue weighted by Gasteiger charge is 2.17. The Morgan fingerprint density at radius 3 is 1.96 bits per heavy atom. The van der Waals surface area contributed by atoms with Gasteiger partial charge < -0.3 is 9.94 Å².